The zero-order valence-electron chi connectivity index (χ0n) is 8.48. The fourth-order valence-corrected chi connectivity index (χ4v) is 2.44. The summed E-state index contributed by atoms with van der Waals surface area (Å²) in [5.74, 6) is 1.80. The first-order valence-electron chi connectivity index (χ1n) is 4.96. The molecule has 0 spiro atoms. The Hall–Kier alpha value is -0.330. The highest BCUT2D eigenvalue weighted by Crippen LogP contribution is 2.63. The van der Waals surface area contributed by atoms with Gasteiger partial charge in [0.2, 0.25) is 0 Å². The lowest BCUT2D eigenvalue weighted by molar-refractivity contribution is -0.129. The van der Waals surface area contributed by atoms with Crippen molar-refractivity contribution in [2.45, 2.75) is 40.5 Å². The molecule has 1 nitrogen and oxygen atoms in total. The van der Waals surface area contributed by atoms with Crippen LogP contribution < -0.4 is 0 Å². The fraction of sp³-hybridized carbons (Fsp3) is 0.909. The van der Waals surface area contributed by atoms with Crippen LogP contribution in [0.3, 0.4) is 0 Å². The van der Waals surface area contributed by atoms with Gasteiger partial charge >= 0.3 is 0 Å². The van der Waals surface area contributed by atoms with Gasteiger partial charge in [-0.3, -0.25) is 4.79 Å². The van der Waals surface area contributed by atoms with Crippen LogP contribution in [0.5, 0.6) is 0 Å². The SMILES string of the molecule is CC1CC1(C)C(=O)C1(C)CC1C. The highest BCUT2D eigenvalue weighted by molar-refractivity contribution is 5.94. The molecule has 0 amide bonds. The van der Waals surface area contributed by atoms with Gasteiger partial charge in [0.25, 0.3) is 0 Å². The molecule has 0 heterocycles. The Balaban J connectivity index is 2.12. The number of hydrogen-bond donors (Lipinski definition) is 0. The highest BCUT2D eigenvalue weighted by Gasteiger charge is 2.64. The van der Waals surface area contributed by atoms with E-state index >= 15 is 0 Å². The number of ketones is 1. The topological polar surface area (TPSA) is 17.1 Å². The van der Waals surface area contributed by atoms with E-state index in [2.05, 4.69) is 27.7 Å². The second kappa shape index (κ2) is 1.94. The van der Waals surface area contributed by atoms with Gasteiger partial charge in [0, 0.05) is 10.8 Å². The Morgan fingerprint density at radius 2 is 1.33 bits per heavy atom. The average molecular weight is 166 g/mol. The third kappa shape index (κ3) is 0.826. The minimum Gasteiger partial charge on any atom is -0.298 e. The van der Waals surface area contributed by atoms with E-state index in [-0.39, 0.29) is 10.8 Å². The van der Waals surface area contributed by atoms with Gasteiger partial charge in [0.05, 0.1) is 0 Å². The third-order valence-electron chi connectivity index (χ3n) is 4.35. The molecule has 4 unspecified atom stereocenters. The van der Waals surface area contributed by atoms with Gasteiger partial charge in [-0.25, -0.2) is 0 Å². The van der Waals surface area contributed by atoms with Gasteiger partial charge in [-0.15, -0.1) is 0 Å². The number of carbonyl (C=O) groups excluding carboxylic acids is 1. The second-order valence-corrected chi connectivity index (χ2v) is 5.37. The summed E-state index contributed by atoms with van der Waals surface area (Å²) in [5.41, 5.74) is 0.110. The minimum absolute atomic E-state index is 0.0551. The molecule has 0 aromatic rings. The van der Waals surface area contributed by atoms with Gasteiger partial charge in [-0.1, -0.05) is 27.7 Å². The fourth-order valence-electron chi connectivity index (χ4n) is 2.44. The smallest absolute Gasteiger partial charge is 0.145 e. The van der Waals surface area contributed by atoms with Crippen LogP contribution in [0.25, 0.3) is 0 Å². The molecular formula is C11H18O. The van der Waals surface area contributed by atoms with Crippen LogP contribution in [0.1, 0.15) is 40.5 Å². The molecule has 2 saturated carbocycles. The number of rotatable bonds is 2. The first-order chi connectivity index (χ1) is 5.41. The summed E-state index contributed by atoms with van der Waals surface area (Å²) < 4.78 is 0. The second-order valence-electron chi connectivity index (χ2n) is 5.37. The van der Waals surface area contributed by atoms with Crippen molar-refractivity contribution in [2.75, 3.05) is 0 Å². The third-order valence-corrected chi connectivity index (χ3v) is 4.35. The summed E-state index contributed by atoms with van der Waals surface area (Å²) in [7, 11) is 0. The van der Waals surface area contributed by atoms with Crippen molar-refractivity contribution >= 4 is 5.78 Å². The lowest BCUT2D eigenvalue weighted by Gasteiger charge is -2.15. The van der Waals surface area contributed by atoms with Crippen molar-refractivity contribution in [1.82, 2.24) is 0 Å². The van der Waals surface area contributed by atoms with Gasteiger partial charge in [-0.05, 0) is 24.7 Å². The molecule has 4 atom stereocenters. The van der Waals surface area contributed by atoms with E-state index in [0.29, 0.717) is 17.6 Å². The summed E-state index contributed by atoms with van der Waals surface area (Å²) in [4.78, 5) is 12.0. The van der Waals surface area contributed by atoms with Crippen LogP contribution in [0, 0.1) is 22.7 Å². The van der Waals surface area contributed by atoms with Crippen molar-refractivity contribution in [3.63, 3.8) is 0 Å². The Bertz CT molecular complexity index is 221. The molecule has 0 bridgehead atoms. The highest BCUT2D eigenvalue weighted by atomic mass is 16.1. The first-order valence-corrected chi connectivity index (χ1v) is 4.96. The minimum atomic E-state index is 0.0551. The van der Waals surface area contributed by atoms with Crippen LogP contribution in [0.15, 0.2) is 0 Å². The molecule has 68 valence electrons. The summed E-state index contributed by atoms with van der Waals surface area (Å²) in [6.07, 6.45) is 2.24. The summed E-state index contributed by atoms with van der Waals surface area (Å²) in [6.45, 7) is 8.65. The van der Waals surface area contributed by atoms with Crippen LogP contribution in [0.2, 0.25) is 0 Å². The zero-order chi connectivity index (χ0) is 9.15. The summed E-state index contributed by atoms with van der Waals surface area (Å²) in [5, 5.41) is 0. The lowest BCUT2D eigenvalue weighted by atomic mass is 9.87. The van der Waals surface area contributed by atoms with Crippen LogP contribution >= 0.6 is 0 Å². The molecule has 0 aromatic heterocycles. The number of Topliss-reactive ketones (excluding diaryl/α,β-unsaturated/α-hetero) is 1. The molecule has 0 N–H and O–H groups in total. The molecule has 1 heteroatoms. The summed E-state index contributed by atoms with van der Waals surface area (Å²) >= 11 is 0. The van der Waals surface area contributed by atoms with Crippen LogP contribution in [0.4, 0.5) is 0 Å². The maximum absolute atomic E-state index is 12.0. The van der Waals surface area contributed by atoms with Crippen molar-refractivity contribution < 1.29 is 4.79 Å². The Morgan fingerprint density at radius 1 is 1.08 bits per heavy atom. The Labute approximate surface area is 74.5 Å². The molecule has 2 aliphatic rings. The largest absolute Gasteiger partial charge is 0.298 e. The predicted octanol–water partition coefficient (Wildman–Crippen LogP) is 2.65. The van der Waals surface area contributed by atoms with Crippen LogP contribution in [-0.2, 0) is 4.79 Å². The van der Waals surface area contributed by atoms with E-state index in [0.717, 1.165) is 12.8 Å². The maximum Gasteiger partial charge on any atom is 0.145 e. The first kappa shape index (κ1) is 8.28. The van der Waals surface area contributed by atoms with Crippen LogP contribution in [-0.4, -0.2) is 5.78 Å². The molecule has 2 fully saturated rings. The Kier molecular flexibility index (Phi) is 1.34. The lowest BCUT2D eigenvalue weighted by Crippen LogP contribution is -2.24. The normalized spacial score (nSPS) is 56.7. The van der Waals surface area contributed by atoms with Crippen molar-refractivity contribution in [1.29, 1.82) is 0 Å². The van der Waals surface area contributed by atoms with Gasteiger partial charge in [0.1, 0.15) is 5.78 Å². The predicted molar refractivity (Wildman–Crippen MR) is 48.8 cm³/mol. The van der Waals surface area contributed by atoms with E-state index < -0.39 is 0 Å². The van der Waals surface area contributed by atoms with E-state index in [4.69, 9.17) is 0 Å². The standard InChI is InChI=1S/C11H18O/c1-7-5-10(7,3)9(12)11(4)6-8(11)2/h7-8H,5-6H2,1-4H3. The summed E-state index contributed by atoms with van der Waals surface area (Å²) in [6, 6.07) is 0. The van der Waals surface area contributed by atoms with E-state index in [1.165, 1.54) is 0 Å². The van der Waals surface area contributed by atoms with Gasteiger partial charge in [-0.2, -0.15) is 0 Å². The molecular weight excluding hydrogens is 148 g/mol. The molecule has 2 rings (SSSR count). The molecule has 2 aliphatic carbocycles. The number of hydrogen-bond acceptors (Lipinski definition) is 1. The average Bonchev–Trinajstić information content (AvgIpc) is 2.77. The molecule has 0 radical (unpaired) electrons. The number of carbonyl (C=O) groups is 1. The van der Waals surface area contributed by atoms with Gasteiger partial charge < -0.3 is 0 Å². The van der Waals surface area contributed by atoms with Crippen molar-refractivity contribution in [3.05, 3.63) is 0 Å². The zero-order valence-corrected chi connectivity index (χ0v) is 8.48. The molecule has 0 aromatic carbocycles. The van der Waals surface area contributed by atoms with Gasteiger partial charge in [0.15, 0.2) is 0 Å². The van der Waals surface area contributed by atoms with Crippen molar-refractivity contribution in [3.8, 4) is 0 Å². The quantitative estimate of drug-likeness (QED) is 0.616. The monoisotopic (exact) mass is 166 g/mol. The van der Waals surface area contributed by atoms with E-state index in [9.17, 15) is 4.79 Å². The molecule has 0 aliphatic heterocycles. The maximum atomic E-state index is 12.0. The Morgan fingerprint density at radius 3 is 1.50 bits per heavy atom. The van der Waals surface area contributed by atoms with Crippen molar-refractivity contribution in [2.24, 2.45) is 22.7 Å². The van der Waals surface area contributed by atoms with E-state index in [1.807, 2.05) is 0 Å². The molecule has 12 heavy (non-hydrogen) atoms. The molecule has 0 saturated heterocycles. The van der Waals surface area contributed by atoms with E-state index in [1.54, 1.807) is 0 Å².